The second-order valence-electron chi connectivity index (χ2n) is 9.24. The van der Waals surface area contributed by atoms with E-state index in [1.165, 1.54) is 12.1 Å². The van der Waals surface area contributed by atoms with Crippen LogP contribution in [-0.2, 0) is 17.9 Å². The van der Waals surface area contributed by atoms with Crippen LogP contribution in [-0.4, -0.2) is 42.8 Å². The number of benzene rings is 3. The number of methoxy groups -OCH3 is 2. The van der Waals surface area contributed by atoms with Crippen molar-refractivity contribution >= 4 is 22.9 Å². The van der Waals surface area contributed by atoms with Crippen LogP contribution >= 0.6 is 0 Å². The summed E-state index contributed by atoms with van der Waals surface area (Å²) in [4.78, 5) is 20.2. The molecule has 0 radical (unpaired) electrons. The van der Waals surface area contributed by atoms with E-state index in [1.54, 1.807) is 14.2 Å². The number of nitrogens with zero attached hydrogens (tertiary/aromatic N) is 3. The fraction of sp³-hybridized carbons (Fsp3) is 0.310. The summed E-state index contributed by atoms with van der Waals surface area (Å²) >= 11 is 0. The number of nitrogens with one attached hydrogen (secondary N) is 1. The third-order valence-corrected chi connectivity index (χ3v) is 6.97. The molecule has 0 saturated carbocycles. The van der Waals surface area contributed by atoms with Crippen LogP contribution in [0.5, 0.6) is 11.5 Å². The minimum absolute atomic E-state index is 0.0457. The van der Waals surface area contributed by atoms with Crippen LogP contribution in [0.25, 0.3) is 11.0 Å². The molecule has 1 fully saturated rings. The van der Waals surface area contributed by atoms with Crippen molar-refractivity contribution in [3.05, 3.63) is 83.7 Å². The molecule has 0 spiro atoms. The molecule has 0 atom stereocenters. The predicted molar refractivity (Wildman–Crippen MR) is 142 cm³/mol. The molecule has 3 aromatic carbocycles. The zero-order valence-corrected chi connectivity index (χ0v) is 21.1. The number of aromatic nitrogens is 2. The maximum atomic E-state index is 13.4. The summed E-state index contributed by atoms with van der Waals surface area (Å²) in [6, 6.07) is 20.3. The number of halogens is 1. The summed E-state index contributed by atoms with van der Waals surface area (Å²) in [6.07, 6.45) is 1.47. The number of rotatable bonds is 8. The van der Waals surface area contributed by atoms with Crippen LogP contribution in [0.1, 0.15) is 24.0 Å². The third-order valence-electron chi connectivity index (χ3n) is 6.97. The molecule has 7 nitrogen and oxygen atoms in total. The smallest absolute Gasteiger partial charge is 0.223 e. The Labute approximate surface area is 215 Å². The van der Waals surface area contributed by atoms with E-state index in [2.05, 4.69) is 20.9 Å². The summed E-state index contributed by atoms with van der Waals surface area (Å²) in [5, 5.41) is 3.07. The van der Waals surface area contributed by atoms with Gasteiger partial charge in [0.15, 0.2) is 11.5 Å². The van der Waals surface area contributed by atoms with Crippen molar-refractivity contribution in [2.45, 2.75) is 25.9 Å². The Hall–Kier alpha value is -4.07. The maximum Gasteiger partial charge on any atom is 0.223 e. The molecule has 1 aliphatic heterocycles. The lowest BCUT2D eigenvalue weighted by Crippen LogP contribution is -2.41. The van der Waals surface area contributed by atoms with Crippen molar-refractivity contribution in [1.29, 1.82) is 0 Å². The molecule has 1 aliphatic rings. The first-order valence-corrected chi connectivity index (χ1v) is 12.5. The molecule has 4 aromatic rings. The number of amides is 1. The van der Waals surface area contributed by atoms with E-state index in [1.807, 2.05) is 48.5 Å². The lowest BCUT2D eigenvalue weighted by atomic mass is 9.96. The van der Waals surface area contributed by atoms with Gasteiger partial charge >= 0.3 is 0 Å². The number of carbonyl (C=O) groups excluding carboxylic acids is 1. The standard InChI is InChI=1S/C29H31FN4O3/c1-36-26-9-5-6-22(27(26)37-2)18-31-28(35)21-14-16-33(17-15-21)29-32-24-7-3-4-8-25(24)34(29)19-20-10-12-23(30)13-11-20/h3-13,21H,14-19H2,1-2H3,(H,31,35). The van der Waals surface area contributed by atoms with Gasteiger partial charge in [-0.05, 0) is 48.7 Å². The van der Waals surface area contributed by atoms with Gasteiger partial charge in [0.1, 0.15) is 5.82 Å². The SMILES string of the molecule is COc1cccc(CNC(=O)C2CCN(c3nc4ccccc4n3Cc3ccc(F)cc3)CC2)c1OC. The quantitative estimate of drug-likeness (QED) is 0.376. The largest absolute Gasteiger partial charge is 0.493 e. The number of hydrogen-bond acceptors (Lipinski definition) is 5. The number of imidazole rings is 1. The molecule has 8 heteroatoms. The molecular formula is C29H31FN4O3. The minimum atomic E-state index is -0.246. The fourth-order valence-corrected chi connectivity index (χ4v) is 4.99. The number of hydrogen-bond donors (Lipinski definition) is 1. The number of ether oxygens (including phenoxy) is 2. The van der Waals surface area contributed by atoms with Gasteiger partial charge < -0.3 is 24.3 Å². The Bertz CT molecular complexity index is 1380. The van der Waals surface area contributed by atoms with Gasteiger partial charge in [0.25, 0.3) is 0 Å². The number of para-hydroxylation sites is 3. The molecule has 5 rings (SSSR count). The summed E-state index contributed by atoms with van der Waals surface area (Å²) in [5.41, 5.74) is 3.84. The minimum Gasteiger partial charge on any atom is -0.493 e. The van der Waals surface area contributed by atoms with Gasteiger partial charge in [0.2, 0.25) is 11.9 Å². The topological polar surface area (TPSA) is 68.6 Å². The Balaban J connectivity index is 1.26. The first-order chi connectivity index (χ1) is 18.1. The van der Waals surface area contributed by atoms with Crippen molar-refractivity contribution in [1.82, 2.24) is 14.9 Å². The van der Waals surface area contributed by atoms with E-state index in [0.717, 1.165) is 54.0 Å². The zero-order valence-electron chi connectivity index (χ0n) is 21.1. The zero-order chi connectivity index (χ0) is 25.8. The second kappa shape index (κ2) is 10.9. The average molecular weight is 503 g/mol. The van der Waals surface area contributed by atoms with Gasteiger partial charge in [-0.2, -0.15) is 0 Å². The first kappa shape index (κ1) is 24.6. The molecule has 192 valence electrons. The second-order valence-corrected chi connectivity index (χ2v) is 9.24. The Kier molecular flexibility index (Phi) is 7.25. The van der Waals surface area contributed by atoms with Crippen LogP contribution in [0.3, 0.4) is 0 Å². The normalized spacial score (nSPS) is 14.1. The molecule has 37 heavy (non-hydrogen) atoms. The molecule has 1 amide bonds. The van der Waals surface area contributed by atoms with E-state index < -0.39 is 0 Å². The Morgan fingerprint density at radius 3 is 2.49 bits per heavy atom. The monoisotopic (exact) mass is 502 g/mol. The molecule has 0 aliphatic carbocycles. The van der Waals surface area contributed by atoms with Gasteiger partial charge in [-0.25, -0.2) is 9.37 Å². The summed E-state index contributed by atoms with van der Waals surface area (Å²) < 4.78 is 26.5. The van der Waals surface area contributed by atoms with Gasteiger partial charge in [0, 0.05) is 31.1 Å². The highest BCUT2D eigenvalue weighted by molar-refractivity contribution is 5.80. The highest BCUT2D eigenvalue weighted by Gasteiger charge is 2.28. The summed E-state index contributed by atoms with van der Waals surface area (Å²) in [6.45, 7) is 2.44. The number of carbonyl (C=O) groups is 1. The lowest BCUT2D eigenvalue weighted by molar-refractivity contribution is -0.125. The van der Waals surface area contributed by atoms with Crippen molar-refractivity contribution in [3.63, 3.8) is 0 Å². The molecule has 0 unspecified atom stereocenters. The van der Waals surface area contributed by atoms with Crippen LogP contribution < -0.4 is 19.7 Å². The average Bonchev–Trinajstić information content (AvgIpc) is 3.30. The summed E-state index contributed by atoms with van der Waals surface area (Å²) in [5.74, 6) is 1.90. The van der Waals surface area contributed by atoms with Crippen LogP contribution in [0.15, 0.2) is 66.7 Å². The molecule has 1 N–H and O–H groups in total. The summed E-state index contributed by atoms with van der Waals surface area (Å²) in [7, 11) is 3.20. The van der Waals surface area contributed by atoms with Gasteiger partial charge in [-0.1, -0.05) is 36.4 Å². The van der Waals surface area contributed by atoms with E-state index in [4.69, 9.17) is 14.5 Å². The first-order valence-electron chi connectivity index (χ1n) is 12.5. The molecule has 0 bridgehead atoms. The van der Waals surface area contributed by atoms with Crippen LogP contribution in [0.4, 0.5) is 10.3 Å². The van der Waals surface area contributed by atoms with Crippen LogP contribution in [0, 0.1) is 11.7 Å². The molecule has 1 saturated heterocycles. The van der Waals surface area contributed by atoms with Gasteiger partial charge in [0.05, 0.1) is 31.8 Å². The number of piperidine rings is 1. The van der Waals surface area contributed by atoms with E-state index >= 15 is 0 Å². The van der Waals surface area contributed by atoms with Crippen molar-refractivity contribution < 1.29 is 18.7 Å². The van der Waals surface area contributed by atoms with E-state index in [0.29, 0.717) is 24.6 Å². The third kappa shape index (κ3) is 5.23. The molecule has 1 aromatic heterocycles. The maximum absolute atomic E-state index is 13.4. The molecule has 2 heterocycles. The highest BCUT2D eigenvalue weighted by Crippen LogP contribution is 2.31. The van der Waals surface area contributed by atoms with Gasteiger partial charge in [-0.3, -0.25) is 4.79 Å². The van der Waals surface area contributed by atoms with Gasteiger partial charge in [-0.15, -0.1) is 0 Å². The highest BCUT2D eigenvalue weighted by atomic mass is 19.1. The predicted octanol–water partition coefficient (Wildman–Crippen LogP) is 4.77. The molecular weight excluding hydrogens is 471 g/mol. The lowest BCUT2D eigenvalue weighted by Gasteiger charge is -2.32. The van der Waals surface area contributed by atoms with Crippen molar-refractivity contribution in [3.8, 4) is 11.5 Å². The Morgan fingerprint density at radius 2 is 1.76 bits per heavy atom. The fourth-order valence-electron chi connectivity index (χ4n) is 4.99. The van der Waals surface area contributed by atoms with Crippen molar-refractivity contribution in [2.75, 3.05) is 32.2 Å². The van der Waals surface area contributed by atoms with Crippen molar-refractivity contribution in [2.24, 2.45) is 5.92 Å². The van der Waals surface area contributed by atoms with E-state index in [9.17, 15) is 9.18 Å². The van der Waals surface area contributed by atoms with E-state index in [-0.39, 0.29) is 17.6 Å². The number of anilines is 1. The van der Waals surface area contributed by atoms with Crippen LogP contribution in [0.2, 0.25) is 0 Å². The Morgan fingerprint density at radius 1 is 1.00 bits per heavy atom. The number of fused-ring (bicyclic) bond motifs is 1.